The summed E-state index contributed by atoms with van der Waals surface area (Å²) in [5.74, 6) is -2.29. The summed E-state index contributed by atoms with van der Waals surface area (Å²) in [5.41, 5.74) is 16.4. The number of benzene rings is 7. The normalized spacial score (nSPS) is 11.9. The Morgan fingerprint density at radius 3 is 0.743 bits per heavy atom. The second kappa shape index (κ2) is 65.3. The van der Waals surface area contributed by atoms with Gasteiger partial charge >= 0.3 is 29.8 Å². The van der Waals surface area contributed by atoms with Crippen molar-refractivity contribution in [1.29, 1.82) is 0 Å². The second-order valence-corrected chi connectivity index (χ2v) is 34.0. The fourth-order valence-corrected chi connectivity index (χ4v) is 15.1. The van der Waals surface area contributed by atoms with Crippen LogP contribution in [0.1, 0.15) is 276 Å². The van der Waals surface area contributed by atoms with Gasteiger partial charge in [-0.1, -0.05) is 240 Å². The van der Waals surface area contributed by atoms with Crippen LogP contribution in [-0.2, 0) is 79.8 Å². The Hall–Kier alpha value is -13.4. The standard InChI is InChI=1S/2C27H30O3.C22H27ClO3.2C22H28O3/c2*1-5-7-8-12-16-24(28)19-23-18-20(3)17-21(4)26(23)27(29)30-25(13-6-2)22-14-10-9-11-15-22;1-6-8-9-10-12-18(24)14-19-20(15(3)13-16(4)21(19)23)22(25)26-17(5)11-7-2;2*1-6-8-9-10-12-20(23)15-19-14-16(3)13-17(4)21(19)22(24)25-18(5)11-7-2/h2*5-6,9-12,14-18,25H,1-2,7-8,13,19H2,3-4H3;6-7,10,12-13,17H,1-2,8-9,11,14H2,3-5H3;2*6-7,10,12-14,18H,1-2,8-9,11,15H2,3-5H3/b2*16-12+;3*12-10+/t2*25-;17-;2*18-/m10110/s1. The Labute approximate surface area is 815 Å². The third-order valence-electron chi connectivity index (χ3n) is 21.0. The highest BCUT2D eigenvalue weighted by atomic mass is 35.5. The van der Waals surface area contributed by atoms with Crippen molar-refractivity contribution >= 4 is 70.4 Å². The summed E-state index contributed by atoms with van der Waals surface area (Å²) < 4.78 is 28.2. The molecule has 5 atom stereocenters. The van der Waals surface area contributed by atoms with Crippen LogP contribution < -0.4 is 0 Å². The van der Waals surface area contributed by atoms with Gasteiger partial charge in [-0.3, -0.25) is 24.0 Å². The maximum absolute atomic E-state index is 13.1. The third kappa shape index (κ3) is 43.3. The lowest BCUT2D eigenvalue weighted by atomic mass is 9.95. The van der Waals surface area contributed by atoms with Gasteiger partial charge in [0, 0.05) is 69.2 Å². The lowest BCUT2D eigenvalue weighted by Gasteiger charge is -2.19. The maximum atomic E-state index is 13.1. The van der Waals surface area contributed by atoms with E-state index in [9.17, 15) is 47.9 Å². The van der Waals surface area contributed by atoms with Crippen LogP contribution in [0.3, 0.4) is 0 Å². The minimum atomic E-state index is -0.461. The fourth-order valence-electron chi connectivity index (χ4n) is 14.9. The Morgan fingerprint density at radius 2 is 0.500 bits per heavy atom. The first-order valence-electron chi connectivity index (χ1n) is 46.4. The van der Waals surface area contributed by atoms with Crippen molar-refractivity contribution in [2.24, 2.45) is 0 Å². The fraction of sp³-hybridized carbons (Fsp3) is 0.317. The summed E-state index contributed by atoms with van der Waals surface area (Å²) in [7, 11) is 0. The number of halogens is 1. The van der Waals surface area contributed by atoms with Crippen molar-refractivity contribution < 1.29 is 71.6 Å². The van der Waals surface area contributed by atoms with E-state index in [1.54, 1.807) is 67.7 Å². The van der Waals surface area contributed by atoms with Crippen LogP contribution in [0.15, 0.2) is 303 Å². The van der Waals surface area contributed by atoms with Gasteiger partial charge in [-0.25, -0.2) is 24.0 Å². The molecule has 0 N–H and O–H groups in total. The van der Waals surface area contributed by atoms with Gasteiger partial charge in [-0.2, -0.15) is 0 Å². The molecule has 0 saturated heterocycles. The van der Waals surface area contributed by atoms with Crippen LogP contribution >= 0.6 is 11.6 Å². The zero-order valence-electron chi connectivity index (χ0n) is 82.6. The number of carbonyl (C=O) groups excluding carboxylic acids is 10. The van der Waals surface area contributed by atoms with Crippen molar-refractivity contribution in [2.75, 3.05) is 0 Å². The highest BCUT2D eigenvalue weighted by Gasteiger charge is 2.28. The smallest absolute Gasteiger partial charge is 0.339 e. The summed E-state index contributed by atoms with van der Waals surface area (Å²) in [6.07, 6.45) is 44.7. The first kappa shape index (κ1) is 117. The summed E-state index contributed by atoms with van der Waals surface area (Å²) >= 11 is 6.43. The summed E-state index contributed by atoms with van der Waals surface area (Å²) in [6, 6.07) is 36.4. The molecule has 7 aromatic rings. The highest BCUT2D eigenvalue weighted by molar-refractivity contribution is 6.33. The van der Waals surface area contributed by atoms with Gasteiger partial charge in [0.25, 0.3) is 0 Å². The van der Waals surface area contributed by atoms with Crippen LogP contribution in [-0.4, -0.2) is 77.1 Å². The van der Waals surface area contributed by atoms with E-state index >= 15 is 0 Å². The number of unbranched alkanes of at least 4 members (excludes halogenated alkanes) is 5. The number of rotatable bonds is 52. The van der Waals surface area contributed by atoms with Crippen LogP contribution in [0.2, 0.25) is 5.02 Å². The van der Waals surface area contributed by atoms with Gasteiger partial charge in [-0.05, 0) is 257 Å². The van der Waals surface area contributed by atoms with E-state index in [0.717, 1.165) is 131 Å². The predicted molar refractivity (Wildman–Crippen MR) is 559 cm³/mol. The molecule has 0 unspecified atom stereocenters. The molecule has 720 valence electrons. The quantitative estimate of drug-likeness (QED) is 0.0114. The van der Waals surface area contributed by atoms with Crippen molar-refractivity contribution in [3.05, 3.63) is 430 Å². The number of esters is 5. The van der Waals surface area contributed by atoms with Gasteiger partial charge in [0.1, 0.15) is 30.5 Å². The second-order valence-electron chi connectivity index (χ2n) is 33.6. The maximum Gasteiger partial charge on any atom is 0.339 e. The van der Waals surface area contributed by atoms with Crippen molar-refractivity contribution in [3.8, 4) is 0 Å². The molecule has 0 radical (unpaired) electrons. The molecule has 0 aliphatic rings. The average Bonchev–Trinajstić information content (AvgIpc) is 0.789. The van der Waals surface area contributed by atoms with Gasteiger partial charge in [0.15, 0.2) is 28.9 Å². The van der Waals surface area contributed by atoms with Crippen LogP contribution in [0.25, 0.3) is 0 Å². The highest BCUT2D eigenvalue weighted by Crippen LogP contribution is 2.33. The van der Waals surface area contributed by atoms with Crippen LogP contribution in [0.5, 0.6) is 0 Å². The number of hydrogen-bond acceptors (Lipinski definition) is 15. The Balaban J connectivity index is 0.000000439. The molecule has 0 spiro atoms. The number of carbonyl (C=O) groups is 10. The minimum Gasteiger partial charge on any atom is -0.459 e. The molecule has 0 aromatic heterocycles. The van der Waals surface area contributed by atoms with E-state index < -0.39 is 30.1 Å². The molecule has 7 aromatic carbocycles. The number of ketones is 5. The third-order valence-corrected chi connectivity index (χ3v) is 21.6. The predicted octanol–water partition coefficient (Wildman–Crippen LogP) is 28.7. The average molecular weight is 1860 g/mol. The number of hydrogen-bond donors (Lipinski definition) is 0. The molecule has 0 saturated carbocycles. The lowest BCUT2D eigenvalue weighted by molar-refractivity contribution is -0.114. The molecule has 0 fully saturated rings. The van der Waals surface area contributed by atoms with Crippen molar-refractivity contribution in [3.63, 3.8) is 0 Å². The topological polar surface area (TPSA) is 217 Å². The monoisotopic (exact) mass is 1860 g/mol. The molecule has 0 aliphatic heterocycles. The first-order chi connectivity index (χ1) is 65.0. The molecule has 15 nitrogen and oxygen atoms in total. The SMILES string of the molecule is C=CCC/C=C/C(=O)Cc1c(Cl)c(C)cc(C)c1C(=O)O[C@H](C)CC=C.C=CCC/C=C/C(=O)Cc1cc(C)cc(C)c1C(=O)O[C@@H](C)CC=C.C=CCC/C=C/C(=O)Cc1cc(C)cc(C)c1C(=O)O[C@@H](CC=C)c1ccccc1.C=CCC/C=C/C(=O)Cc1cc(C)cc(C)c1C(=O)O[C@H](C)CC=C.C=CCC/C=C/C(=O)Cc1cc(C)cc(C)c1C(=O)O[C@H](CC=C)c1ccccc1. The number of aryl methyl sites for hydroxylation is 10. The number of allylic oxidation sites excluding steroid dienone is 15. The molecular formula is C120H143ClO15. The van der Waals surface area contributed by atoms with Crippen LogP contribution in [0.4, 0.5) is 0 Å². The Morgan fingerprint density at radius 1 is 0.272 bits per heavy atom. The van der Waals surface area contributed by atoms with E-state index in [-0.39, 0.29) is 91.3 Å². The van der Waals surface area contributed by atoms with Crippen molar-refractivity contribution in [2.45, 2.75) is 249 Å². The molecule has 0 heterocycles. The van der Waals surface area contributed by atoms with Crippen molar-refractivity contribution in [1.82, 2.24) is 0 Å². The summed E-state index contributed by atoms with van der Waals surface area (Å²) in [5, 5.41) is 0.437. The summed E-state index contributed by atoms with van der Waals surface area (Å²) in [4.78, 5) is 126. The molecule has 0 amide bonds. The molecule has 16 heteroatoms. The van der Waals surface area contributed by atoms with E-state index in [0.29, 0.717) is 92.8 Å². The first-order valence-corrected chi connectivity index (χ1v) is 46.8. The molecular weight excluding hydrogens is 1720 g/mol. The van der Waals surface area contributed by atoms with E-state index in [4.69, 9.17) is 35.3 Å². The Bertz CT molecular complexity index is 5170. The van der Waals surface area contributed by atoms with E-state index in [1.807, 2.05) is 253 Å². The molecule has 0 aliphatic carbocycles. The largest absolute Gasteiger partial charge is 0.459 e. The molecule has 0 bridgehead atoms. The van der Waals surface area contributed by atoms with Gasteiger partial charge in [0.2, 0.25) is 0 Å². The zero-order chi connectivity index (χ0) is 101. The van der Waals surface area contributed by atoms with Gasteiger partial charge < -0.3 is 23.7 Å². The molecule has 7 rings (SSSR count). The lowest BCUT2D eigenvalue weighted by Crippen LogP contribution is -2.18. The van der Waals surface area contributed by atoms with Gasteiger partial charge in [-0.15, -0.1) is 65.8 Å². The summed E-state index contributed by atoms with van der Waals surface area (Å²) in [6.45, 7) is 61.3. The van der Waals surface area contributed by atoms with E-state index in [2.05, 4.69) is 65.8 Å². The zero-order valence-corrected chi connectivity index (χ0v) is 83.4. The minimum absolute atomic E-state index is 0.0257. The van der Waals surface area contributed by atoms with Gasteiger partial charge in [0.05, 0.1) is 27.8 Å². The number of ether oxygens (including phenoxy) is 5. The Kier molecular flexibility index (Phi) is 56.1. The van der Waals surface area contributed by atoms with E-state index in [1.165, 1.54) is 6.08 Å². The molecule has 136 heavy (non-hydrogen) atoms. The van der Waals surface area contributed by atoms with Crippen LogP contribution in [0, 0.1) is 69.2 Å².